The van der Waals surface area contributed by atoms with E-state index >= 15 is 0 Å². The summed E-state index contributed by atoms with van der Waals surface area (Å²) in [4.78, 5) is 30.0. The molecule has 2 aromatic rings. The molecule has 0 aliphatic rings. The van der Waals surface area contributed by atoms with Crippen LogP contribution in [0.2, 0.25) is 0 Å². The van der Waals surface area contributed by atoms with Crippen LogP contribution in [0, 0.1) is 0 Å². The number of anilines is 1. The maximum atomic E-state index is 12.5. The molecule has 0 aliphatic carbocycles. The van der Waals surface area contributed by atoms with Crippen molar-refractivity contribution >= 4 is 58.4 Å². The average molecular weight is 468 g/mol. The maximum Gasteiger partial charge on any atom is 0.245 e. The van der Waals surface area contributed by atoms with Gasteiger partial charge in [0.15, 0.2) is 0 Å². The van der Waals surface area contributed by atoms with Crippen molar-refractivity contribution in [2.45, 2.75) is 6.04 Å². The van der Waals surface area contributed by atoms with E-state index in [4.69, 9.17) is 0 Å². The first-order chi connectivity index (χ1) is 11.4. The van der Waals surface area contributed by atoms with E-state index in [2.05, 4.69) is 36.6 Å². The van der Waals surface area contributed by atoms with Crippen LogP contribution in [0.15, 0.2) is 35.2 Å². The summed E-state index contributed by atoms with van der Waals surface area (Å²) in [5.74, 6) is -0.104. The predicted molar refractivity (Wildman–Crippen MR) is 108 cm³/mol. The van der Waals surface area contributed by atoms with Crippen LogP contribution in [0.3, 0.4) is 0 Å². The Labute approximate surface area is 172 Å². The normalized spacial score (nSPS) is 10.9. The number of nitrogens with one attached hydrogen (secondary N) is 2. The second kappa shape index (κ2) is 11.1. The van der Waals surface area contributed by atoms with Crippen molar-refractivity contribution in [3.05, 3.63) is 40.8 Å². The second-order valence-electron chi connectivity index (χ2n) is 5.27. The molecule has 2 amide bonds. The summed E-state index contributed by atoms with van der Waals surface area (Å²) in [7, 11) is 5.05. The van der Waals surface area contributed by atoms with Gasteiger partial charge >= 0.3 is 0 Å². The van der Waals surface area contributed by atoms with E-state index in [1.807, 2.05) is 0 Å². The van der Waals surface area contributed by atoms with Gasteiger partial charge in [0.1, 0.15) is 11.9 Å². The van der Waals surface area contributed by atoms with Crippen LogP contribution in [0.4, 0.5) is 5.82 Å². The number of amides is 2. The Morgan fingerprint density at radius 1 is 1.31 bits per heavy atom. The van der Waals surface area contributed by atoms with Gasteiger partial charge in [-0.15, -0.1) is 24.8 Å². The van der Waals surface area contributed by atoms with Crippen molar-refractivity contribution in [3.63, 3.8) is 0 Å². The summed E-state index contributed by atoms with van der Waals surface area (Å²) in [5.41, 5.74) is 0.742. The second-order valence-corrected chi connectivity index (χ2v) is 6.19. The van der Waals surface area contributed by atoms with E-state index in [1.54, 1.807) is 56.5 Å². The Bertz CT molecular complexity index is 725. The van der Waals surface area contributed by atoms with Crippen LogP contribution in [0.25, 0.3) is 0 Å². The molecule has 11 heteroatoms. The third kappa shape index (κ3) is 6.56. The molecule has 2 N–H and O–H groups in total. The van der Waals surface area contributed by atoms with Crippen LogP contribution in [-0.2, 0) is 16.6 Å². The third-order valence-corrected chi connectivity index (χ3v) is 3.81. The highest BCUT2D eigenvalue weighted by molar-refractivity contribution is 9.10. The van der Waals surface area contributed by atoms with Crippen molar-refractivity contribution in [2.24, 2.45) is 7.05 Å². The van der Waals surface area contributed by atoms with Crippen molar-refractivity contribution in [2.75, 3.05) is 26.0 Å². The molecule has 0 saturated carbocycles. The van der Waals surface area contributed by atoms with Crippen molar-refractivity contribution in [1.82, 2.24) is 25.0 Å². The van der Waals surface area contributed by atoms with Gasteiger partial charge in [0.05, 0.1) is 12.7 Å². The number of aromatic nitrogens is 3. The van der Waals surface area contributed by atoms with Gasteiger partial charge in [-0.25, -0.2) is 4.98 Å². The molecule has 144 valence electrons. The van der Waals surface area contributed by atoms with Crippen LogP contribution in [0.1, 0.15) is 11.6 Å². The average Bonchev–Trinajstić information content (AvgIpc) is 2.96. The van der Waals surface area contributed by atoms with Gasteiger partial charge in [0.2, 0.25) is 11.8 Å². The Balaban J connectivity index is 0.00000312. The summed E-state index contributed by atoms with van der Waals surface area (Å²) in [6, 6.07) is 2.90. The number of carbonyl (C=O) groups excluding carboxylic acids is 2. The fourth-order valence-corrected chi connectivity index (χ4v) is 2.40. The topological polar surface area (TPSA) is 92.2 Å². The van der Waals surface area contributed by atoms with Gasteiger partial charge in [0.25, 0.3) is 0 Å². The maximum absolute atomic E-state index is 12.5. The molecule has 0 spiro atoms. The SMILES string of the molecule is CNC(C(=O)N(C)CC(=O)Nc1ccc(Br)cn1)c1cnn(C)c1.Cl.Cl. The highest BCUT2D eigenvalue weighted by atomic mass is 79.9. The van der Waals surface area contributed by atoms with E-state index in [-0.39, 0.29) is 43.2 Å². The van der Waals surface area contributed by atoms with Crippen molar-refractivity contribution in [1.29, 1.82) is 0 Å². The number of pyridine rings is 1. The third-order valence-electron chi connectivity index (χ3n) is 3.35. The lowest BCUT2D eigenvalue weighted by atomic mass is 10.1. The Kier molecular flexibility index (Phi) is 10.4. The number of likely N-dealkylation sites (N-methyl/N-ethyl adjacent to an activating group) is 2. The minimum absolute atomic E-state index is 0. The van der Waals surface area contributed by atoms with Gasteiger partial charge in [0, 0.05) is 36.5 Å². The molecular weight excluding hydrogens is 447 g/mol. The zero-order valence-corrected chi connectivity index (χ0v) is 17.7. The van der Waals surface area contributed by atoms with Gasteiger partial charge < -0.3 is 15.5 Å². The molecule has 0 aromatic carbocycles. The summed E-state index contributed by atoms with van der Waals surface area (Å²) in [5, 5.41) is 9.67. The van der Waals surface area contributed by atoms with Crippen LogP contribution < -0.4 is 10.6 Å². The number of hydrogen-bond donors (Lipinski definition) is 2. The molecule has 0 aliphatic heterocycles. The summed E-state index contributed by atoms with van der Waals surface area (Å²) < 4.78 is 2.44. The van der Waals surface area contributed by atoms with Crippen LogP contribution >= 0.6 is 40.7 Å². The van der Waals surface area contributed by atoms with Gasteiger partial charge in [-0.1, -0.05) is 0 Å². The highest BCUT2D eigenvalue weighted by Crippen LogP contribution is 2.14. The molecule has 0 saturated heterocycles. The van der Waals surface area contributed by atoms with E-state index in [0.29, 0.717) is 5.82 Å². The lowest BCUT2D eigenvalue weighted by Gasteiger charge is -2.22. The summed E-state index contributed by atoms with van der Waals surface area (Å²) in [6.45, 7) is -0.0744. The van der Waals surface area contributed by atoms with Gasteiger partial charge in [-0.2, -0.15) is 5.10 Å². The van der Waals surface area contributed by atoms with Crippen LogP contribution in [-0.4, -0.2) is 52.1 Å². The molecule has 26 heavy (non-hydrogen) atoms. The highest BCUT2D eigenvalue weighted by Gasteiger charge is 2.24. The lowest BCUT2D eigenvalue weighted by molar-refractivity contribution is -0.135. The molecule has 2 rings (SSSR count). The van der Waals surface area contributed by atoms with Gasteiger partial charge in [-0.3, -0.25) is 14.3 Å². The molecule has 2 aromatic heterocycles. The van der Waals surface area contributed by atoms with E-state index < -0.39 is 6.04 Å². The van der Waals surface area contributed by atoms with Crippen LogP contribution in [0.5, 0.6) is 0 Å². The first-order valence-electron chi connectivity index (χ1n) is 7.23. The summed E-state index contributed by atoms with van der Waals surface area (Å²) >= 11 is 3.28. The fourth-order valence-electron chi connectivity index (χ4n) is 2.17. The fraction of sp³-hybridized carbons (Fsp3) is 0.333. The molecule has 1 unspecified atom stereocenters. The van der Waals surface area contributed by atoms with E-state index in [1.165, 1.54) is 4.90 Å². The minimum atomic E-state index is -0.553. The molecule has 0 fully saturated rings. The Hall–Kier alpha value is -1.68. The zero-order valence-electron chi connectivity index (χ0n) is 14.5. The first-order valence-corrected chi connectivity index (χ1v) is 8.02. The molecule has 0 bridgehead atoms. The molecule has 0 radical (unpaired) electrons. The smallest absolute Gasteiger partial charge is 0.245 e. The number of hydrogen-bond acceptors (Lipinski definition) is 5. The van der Waals surface area contributed by atoms with Crippen molar-refractivity contribution < 1.29 is 9.59 Å². The number of nitrogens with zero attached hydrogens (tertiary/aromatic N) is 4. The zero-order chi connectivity index (χ0) is 17.7. The standard InChI is InChI=1S/C15H19BrN6O2.2ClH/c1-17-14(10-6-19-22(3)8-10)15(24)21(2)9-13(23)20-12-5-4-11(16)7-18-12;;/h4-8,14,17H,9H2,1-3H3,(H,18,20,23);2*1H. The first kappa shape index (κ1) is 24.3. The Morgan fingerprint density at radius 2 is 2.00 bits per heavy atom. The van der Waals surface area contributed by atoms with E-state index in [9.17, 15) is 9.59 Å². The quantitative estimate of drug-likeness (QED) is 0.675. The molecular formula is C15H21BrCl2N6O2. The monoisotopic (exact) mass is 466 g/mol. The number of aryl methyl sites for hydroxylation is 1. The molecule has 1 atom stereocenters. The van der Waals surface area contributed by atoms with E-state index in [0.717, 1.165) is 10.0 Å². The van der Waals surface area contributed by atoms with Crippen molar-refractivity contribution in [3.8, 4) is 0 Å². The largest absolute Gasteiger partial charge is 0.335 e. The number of rotatable bonds is 6. The predicted octanol–water partition coefficient (Wildman–Crippen LogP) is 1.78. The minimum Gasteiger partial charge on any atom is -0.335 e. The number of halogens is 3. The molecule has 2 heterocycles. The molecule has 8 nitrogen and oxygen atoms in total. The lowest BCUT2D eigenvalue weighted by Crippen LogP contribution is -2.41. The summed E-state index contributed by atoms with van der Waals surface area (Å²) in [6.07, 6.45) is 4.97. The number of carbonyl (C=O) groups is 2. The Morgan fingerprint density at radius 3 is 2.50 bits per heavy atom. The van der Waals surface area contributed by atoms with Gasteiger partial charge in [-0.05, 0) is 35.1 Å².